The number of amides is 1. The van der Waals surface area contributed by atoms with Crippen molar-refractivity contribution in [2.45, 2.75) is 13.0 Å². The van der Waals surface area contributed by atoms with Crippen LogP contribution in [-0.4, -0.2) is 25.8 Å². The number of fused-ring (bicyclic) bond motifs is 1. The fourth-order valence-electron chi connectivity index (χ4n) is 2.08. The summed E-state index contributed by atoms with van der Waals surface area (Å²) in [6, 6.07) is 5.73. The van der Waals surface area contributed by atoms with Gasteiger partial charge >= 0.3 is 0 Å². The number of ether oxygens (including phenoxy) is 2. The summed E-state index contributed by atoms with van der Waals surface area (Å²) >= 11 is 0. The molecule has 0 atom stereocenters. The van der Waals surface area contributed by atoms with Crippen molar-refractivity contribution in [3.05, 3.63) is 23.8 Å². The molecule has 5 nitrogen and oxygen atoms in total. The number of nitrogens with one attached hydrogen (secondary N) is 2. The van der Waals surface area contributed by atoms with Gasteiger partial charge < -0.3 is 20.1 Å². The minimum absolute atomic E-state index is 0.110. The molecule has 2 N–H and O–H groups in total. The number of hydrogen-bond acceptors (Lipinski definition) is 4. The topological polar surface area (TPSA) is 59.6 Å². The first kappa shape index (κ1) is 11.3. The molecule has 1 aromatic carbocycles. The van der Waals surface area contributed by atoms with E-state index in [0.29, 0.717) is 18.9 Å². The fourth-order valence-corrected chi connectivity index (χ4v) is 2.08. The third-order valence-corrected chi connectivity index (χ3v) is 3.27. The lowest BCUT2D eigenvalue weighted by atomic mass is 9.99. The Labute approximate surface area is 105 Å². The number of rotatable bonds is 4. The standard InChI is InChI=1S/C13H16N2O3/c16-13(4-10-5-14-6-10)15-7-9-1-2-11-12(3-9)18-8-17-11/h1-3,10,14H,4-8H2,(H,15,16). The summed E-state index contributed by atoms with van der Waals surface area (Å²) in [6.45, 7) is 2.73. The van der Waals surface area contributed by atoms with Crippen LogP contribution in [0.2, 0.25) is 0 Å². The Hall–Kier alpha value is -1.75. The third kappa shape index (κ3) is 2.41. The number of hydrogen-bond donors (Lipinski definition) is 2. The number of carbonyl (C=O) groups is 1. The fraction of sp³-hybridized carbons (Fsp3) is 0.462. The highest BCUT2D eigenvalue weighted by Crippen LogP contribution is 2.32. The van der Waals surface area contributed by atoms with Gasteiger partial charge in [0.2, 0.25) is 12.7 Å². The highest BCUT2D eigenvalue weighted by Gasteiger charge is 2.20. The van der Waals surface area contributed by atoms with Crippen molar-refractivity contribution in [3.8, 4) is 11.5 Å². The average molecular weight is 248 g/mol. The zero-order valence-corrected chi connectivity index (χ0v) is 10.1. The van der Waals surface area contributed by atoms with E-state index in [-0.39, 0.29) is 12.7 Å². The number of carbonyl (C=O) groups excluding carboxylic acids is 1. The summed E-state index contributed by atoms with van der Waals surface area (Å²) in [6.07, 6.45) is 0.609. The van der Waals surface area contributed by atoms with E-state index in [0.717, 1.165) is 30.2 Å². The van der Waals surface area contributed by atoms with Crippen molar-refractivity contribution < 1.29 is 14.3 Å². The van der Waals surface area contributed by atoms with Crippen LogP contribution in [0.1, 0.15) is 12.0 Å². The third-order valence-electron chi connectivity index (χ3n) is 3.27. The molecule has 96 valence electrons. The van der Waals surface area contributed by atoms with Gasteiger partial charge in [-0.1, -0.05) is 6.07 Å². The molecular formula is C13H16N2O3. The molecular weight excluding hydrogens is 232 g/mol. The lowest BCUT2D eigenvalue weighted by Gasteiger charge is -2.26. The molecule has 2 heterocycles. The molecule has 1 saturated heterocycles. The van der Waals surface area contributed by atoms with Gasteiger partial charge in [-0.05, 0) is 36.7 Å². The normalized spacial score (nSPS) is 17.3. The van der Waals surface area contributed by atoms with Crippen molar-refractivity contribution in [1.29, 1.82) is 0 Å². The maximum Gasteiger partial charge on any atom is 0.231 e. The van der Waals surface area contributed by atoms with E-state index in [1.807, 2.05) is 18.2 Å². The maximum absolute atomic E-state index is 11.7. The Morgan fingerprint density at radius 1 is 1.33 bits per heavy atom. The van der Waals surface area contributed by atoms with Crippen LogP contribution >= 0.6 is 0 Å². The minimum atomic E-state index is 0.110. The van der Waals surface area contributed by atoms with E-state index < -0.39 is 0 Å². The summed E-state index contributed by atoms with van der Waals surface area (Å²) in [5.74, 6) is 2.14. The van der Waals surface area contributed by atoms with Crippen molar-refractivity contribution in [2.24, 2.45) is 5.92 Å². The quantitative estimate of drug-likeness (QED) is 0.821. The number of benzene rings is 1. The van der Waals surface area contributed by atoms with Gasteiger partial charge in [0.15, 0.2) is 11.5 Å². The van der Waals surface area contributed by atoms with E-state index in [1.54, 1.807) is 0 Å². The molecule has 2 aliphatic heterocycles. The summed E-state index contributed by atoms with van der Waals surface area (Å²) in [4.78, 5) is 11.7. The summed E-state index contributed by atoms with van der Waals surface area (Å²) in [5, 5.41) is 6.08. The van der Waals surface area contributed by atoms with Crippen molar-refractivity contribution in [2.75, 3.05) is 19.9 Å². The maximum atomic E-state index is 11.7. The molecule has 5 heteroatoms. The lowest BCUT2D eigenvalue weighted by Crippen LogP contribution is -2.44. The van der Waals surface area contributed by atoms with Crippen molar-refractivity contribution in [1.82, 2.24) is 10.6 Å². The molecule has 0 spiro atoms. The molecule has 0 unspecified atom stereocenters. The van der Waals surface area contributed by atoms with Crippen molar-refractivity contribution >= 4 is 5.91 Å². The Morgan fingerprint density at radius 3 is 2.94 bits per heavy atom. The van der Waals surface area contributed by atoms with E-state index in [1.165, 1.54) is 0 Å². The van der Waals surface area contributed by atoms with Gasteiger partial charge in [-0.3, -0.25) is 4.79 Å². The second-order valence-corrected chi connectivity index (χ2v) is 4.69. The molecule has 0 bridgehead atoms. The molecule has 0 aliphatic carbocycles. The predicted molar refractivity (Wildman–Crippen MR) is 65.4 cm³/mol. The van der Waals surface area contributed by atoms with E-state index in [2.05, 4.69) is 10.6 Å². The molecule has 2 aliphatic rings. The van der Waals surface area contributed by atoms with Crippen LogP contribution in [0.3, 0.4) is 0 Å². The highest BCUT2D eigenvalue weighted by atomic mass is 16.7. The summed E-state index contributed by atoms with van der Waals surface area (Å²) in [5.41, 5.74) is 1.03. The van der Waals surface area contributed by atoms with Crippen LogP contribution in [0.25, 0.3) is 0 Å². The van der Waals surface area contributed by atoms with E-state index in [9.17, 15) is 4.79 Å². The highest BCUT2D eigenvalue weighted by molar-refractivity contribution is 5.76. The van der Waals surface area contributed by atoms with Crippen LogP contribution in [0.4, 0.5) is 0 Å². The zero-order chi connectivity index (χ0) is 12.4. The van der Waals surface area contributed by atoms with Gasteiger partial charge in [0, 0.05) is 13.0 Å². The Morgan fingerprint density at radius 2 is 2.17 bits per heavy atom. The molecule has 1 fully saturated rings. The van der Waals surface area contributed by atoms with Gasteiger partial charge in [0.05, 0.1) is 0 Å². The molecule has 0 radical (unpaired) electrons. The largest absolute Gasteiger partial charge is 0.454 e. The van der Waals surface area contributed by atoms with Gasteiger partial charge in [0.25, 0.3) is 0 Å². The monoisotopic (exact) mass is 248 g/mol. The molecule has 1 aromatic rings. The smallest absolute Gasteiger partial charge is 0.231 e. The second-order valence-electron chi connectivity index (χ2n) is 4.69. The first-order valence-electron chi connectivity index (χ1n) is 6.17. The molecule has 0 aromatic heterocycles. The molecule has 18 heavy (non-hydrogen) atoms. The van der Waals surface area contributed by atoms with Crippen LogP contribution in [0, 0.1) is 5.92 Å². The van der Waals surface area contributed by atoms with E-state index >= 15 is 0 Å². The van der Waals surface area contributed by atoms with Gasteiger partial charge in [-0.25, -0.2) is 0 Å². The molecule has 3 rings (SSSR count). The second kappa shape index (κ2) is 4.86. The minimum Gasteiger partial charge on any atom is -0.454 e. The van der Waals surface area contributed by atoms with Gasteiger partial charge in [-0.15, -0.1) is 0 Å². The first-order chi connectivity index (χ1) is 8.81. The Kier molecular flexibility index (Phi) is 3.06. The molecule has 1 amide bonds. The Balaban J connectivity index is 1.51. The summed E-state index contributed by atoms with van der Waals surface area (Å²) in [7, 11) is 0. The van der Waals surface area contributed by atoms with E-state index in [4.69, 9.17) is 9.47 Å². The van der Waals surface area contributed by atoms with Gasteiger partial charge in [0.1, 0.15) is 0 Å². The lowest BCUT2D eigenvalue weighted by molar-refractivity contribution is -0.122. The SMILES string of the molecule is O=C(CC1CNC1)NCc1ccc2c(c1)OCO2. The predicted octanol–water partition coefficient (Wildman–Crippen LogP) is 0.641. The van der Waals surface area contributed by atoms with Gasteiger partial charge in [-0.2, -0.15) is 0 Å². The average Bonchev–Trinajstić information content (AvgIpc) is 2.78. The van der Waals surface area contributed by atoms with Crippen LogP contribution in [-0.2, 0) is 11.3 Å². The van der Waals surface area contributed by atoms with Crippen molar-refractivity contribution in [3.63, 3.8) is 0 Å². The first-order valence-corrected chi connectivity index (χ1v) is 6.17. The van der Waals surface area contributed by atoms with Crippen LogP contribution in [0.15, 0.2) is 18.2 Å². The zero-order valence-electron chi connectivity index (χ0n) is 10.1. The summed E-state index contributed by atoms with van der Waals surface area (Å²) < 4.78 is 10.5. The van der Waals surface area contributed by atoms with Crippen LogP contribution in [0.5, 0.6) is 11.5 Å². The molecule has 0 saturated carbocycles. The Bertz CT molecular complexity index is 458. The van der Waals surface area contributed by atoms with Crippen LogP contribution < -0.4 is 20.1 Å².